The van der Waals surface area contributed by atoms with Crippen LogP contribution in [0.25, 0.3) is 0 Å². The van der Waals surface area contributed by atoms with Gasteiger partial charge >= 0.3 is 11.9 Å². The van der Waals surface area contributed by atoms with Crippen LogP contribution in [0.1, 0.15) is 62.8 Å². The summed E-state index contributed by atoms with van der Waals surface area (Å²) >= 11 is 6.10. The minimum atomic E-state index is -0.769. The monoisotopic (exact) mass is 503 g/mol. The maximum atomic E-state index is 11.8. The lowest BCUT2D eigenvalue weighted by molar-refractivity contribution is -0.933. The van der Waals surface area contributed by atoms with Gasteiger partial charge < -0.3 is 19.1 Å². The SMILES string of the molecule is CCOC(=O)CCC[N+]1(CCCC(=O)O)CCC(O[C@@H](c2ccc(Cl)cc2)c2ccccn2)CC1. The first-order valence-electron chi connectivity index (χ1n) is 12.4. The normalized spacial score (nSPS) is 20.8. The second kappa shape index (κ2) is 13.6. The lowest BCUT2D eigenvalue weighted by atomic mass is 10.0. The summed E-state index contributed by atoms with van der Waals surface area (Å²) in [6.07, 6.45) is 5.20. The third-order valence-electron chi connectivity index (χ3n) is 6.65. The molecule has 1 atom stereocenters. The number of carboxylic acid groups (broad SMARTS) is 1. The zero-order valence-corrected chi connectivity index (χ0v) is 21.2. The molecule has 1 aromatic carbocycles. The molecule has 0 bridgehead atoms. The first kappa shape index (κ1) is 27.1. The first-order valence-corrected chi connectivity index (χ1v) is 12.8. The molecule has 0 spiro atoms. The Morgan fingerprint density at radius 3 is 2.37 bits per heavy atom. The summed E-state index contributed by atoms with van der Waals surface area (Å²) in [5.41, 5.74) is 1.87. The Balaban J connectivity index is 1.65. The zero-order valence-electron chi connectivity index (χ0n) is 20.4. The van der Waals surface area contributed by atoms with Crippen LogP contribution in [-0.2, 0) is 19.1 Å². The minimum Gasteiger partial charge on any atom is -0.481 e. The van der Waals surface area contributed by atoms with Crippen molar-refractivity contribution in [1.29, 1.82) is 0 Å². The molecule has 1 aliphatic heterocycles. The maximum absolute atomic E-state index is 11.8. The van der Waals surface area contributed by atoms with Crippen molar-refractivity contribution in [3.63, 3.8) is 0 Å². The van der Waals surface area contributed by atoms with Crippen LogP contribution in [0.5, 0.6) is 0 Å². The summed E-state index contributed by atoms with van der Waals surface area (Å²) in [6, 6.07) is 13.5. The average molecular weight is 504 g/mol. The quantitative estimate of drug-likeness (QED) is 0.305. The number of halogens is 1. The fourth-order valence-corrected chi connectivity index (χ4v) is 4.95. The Labute approximate surface area is 212 Å². The van der Waals surface area contributed by atoms with Gasteiger partial charge in [-0.25, -0.2) is 0 Å². The van der Waals surface area contributed by atoms with Crippen LogP contribution in [0.2, 0.25) is 5.02 Å². The minimum absolute atomic E-state index is 0.0634. The Bertz CT molecular complexity index is 930. The Morgan fingerprint density at radius 1 is 1.09 bits per heavy atom. The zero-order chi connectivity index (χ0) is 25.1. The van der Waals surface area contributed by atoms with Gasteiger partial charge in [-0.15, -0.1) is 0 Å². The van der Waals surface area contributed by atoms with E-state index in [1.54, 1.807) is 6.20 Å². The number of aromatic nitrogens is 1. The fourth-order valence-electron chi connectivity index (χ4n) is 4.82. The van der Waals surface area contributed by atoms with E-state index in [4.69, 9.17) is 26.2 Å². The second-order valence-corrected chi connectivity index (χ2v) is 9.60. The van der Waals surface area contributed by atoms with E-state index in [9.17, 15) is 9.59 Å². The third-order valence-corrected chi connectivity index (χ3v) is 6.90. The smallest absolute Gasteiger partial charge is 0.305 e. The molecule has 0 saturated carbocycles. The van der Waals surface area contributed by atoms with Gasteiger partial charge in [0.15, 0.2) is 0 Å². The van der Waals surface area contributed by atoms with Crippen molar-refractivity contribution in [2.45, 2.75) is 57.7 Å². The van der Waals surface area contributed by atoms with E-state index in [1.165, 1.54) is 0 Å². The number of nitrogens with zero attached hydrogens (tertiary/aromatic N) is 2. The Hall–Kier alpha value is -2.48. The number of piperidine rings is 1. The Morgan fingerprint density at radius 2 is 1.77 bits per heavy atom. The topological polar surface area (TPSA) is 85.7 Å². The number of carboxylic acids is 1. The van der Waals surface area contributed by atoms with Gasteiger partial charge in [0.2, 0.25) is 0 Å². The van der Waals surface area contributed by atoms with Gasteiger partial charge in [-0.1, -0.05) is 29.8 Å². The van der Waals surface area contributed by atoms with E-state index in [2.05, 4.69) is 4.98 Å². The lowest BCUT2D eigenvalue weighted by Crippen LogP contribution is -2.55. The highest BCUT2D eigenvalue weighted by molar-refractivity contribution is 6.30. The van der Waals surface area contributed by atoms with E-state index in [1.807, 2.05) is 49.4 Å². The number of likely N-dealkylation sites (tertiary alicyclic amines) is 1. The van der Waals surface area contributed by atoms with Crippen molar-refractivity contribution in [3.05, 3.63) is 64.9 Å². The van der Waals surface area contributed by atoms with Crippen molar-refractivity contribution in [1.82, 2.24) is 4.98 Å². The van der Waals surface area contributed by atoms with Gasteiger partial charge in [0.25, 0.3) is 0 Å². The van der Waals surface area contributed by atoms with Crippen LogP contribution >= 0.6 is 11.6 Å². The number of carbonyl (C=O) groups is 2. The van der Waals surface area contributed by atoms with Crippen molar-refractivity contribution in [2.75, 3.05) is 32.8 Å². The molecule has 0 amide bonds. The van der Waals surface area contributed by atoms with Gasteiger partial charge in [0.05, 0.1) is 57.4 Å². The molecule has 1 aromatic heterocycles. The predicted molar refractivity (Wildman–Crippen MR) is 134 cm³/mol. The molecule has 1 aliphatic rings. The highest BCUT2D eigenvalue weighted by Crippen LogP contribution is 2.31. The number of hydrogen-bond donors (Lipinski definition) is 1. The summed E-state index contributed by atoms with van der Waals surface area (Å²) in [7, 11) is 0. The maximum Gasteiger partial charge on any atom is 0.305 e. The average Bonchev–Trinajstić information content (AvgIpc) is 2.85. The number of carbonyl (C=O) groups excluding carboxylic acids is 1. The number of rotatable bonds is 13. The number of benzene rings is 1. The fraction of sp³-hybridized carbons (Fsp3) is 0.519. The van der Waals surface area contributed by atoms with E-state index in [-0.39, 0.29) is 24.6 Å². The van der Waals surface area contributed by atoms with E-state index < -0.39 is 5.97 Å². The predicted octanol–water partition coefficient (Wildman–Crippen LogP) is 5.03. The number of ether oxygens (including phenoxy) is 2. The molecule has 2 aromatic rings. The second-order valence-electron chi connectivity index (χ2n) is 9.16. The highest BCUT2D eigenvalue weighted by Gasteiger charge is 2.35. The summed E-state index contributed by atoms with van der Waals surface area (Å²) in [6.45, 7) is 5.62. The van der Waals surface area contributed by atoms with Crippen LogP contribution < -0.4 is 0 Å². The van der Waals surface area contributed by atoms with E-state index in [0.717, 1.165) is 61.2 Å². The molecule has 1 fully saturated rings. The van der Waals surface area contributed by atoms with Gasteiger partial charge in [-0.05, 0) is 36.8 Å². The molecule has 7 nitrogen and oxygen atoms in total. The van der Waals surface area contributed by atoms with Gasteiger partial charge in [-0.3, -0.25) is 14.6 Å². The molecular weight excluding hydrogens is 468 g/mol. The van der Waals surface area contributed by atoms with Crippen molar-refractivity contribution in [3.8, 4) is 0 Å². The molecule has 0 unspecified atom stereocenters. The molecule has 0 aliphatic carbocycles. The van der Waals surface area contributed by atoms with E-state index >= 15 is 0 Å². The number of pyridine rings is 1. The van der Waals surface area contributed by atoms with Gasteiger partial charge in [0, 0.05) is 36.9 Å². The van der Waals surface area contributed by atoms with Crippen molar-refractivity contribution in [2.24, 2.45) is 0 Å². The first-order chi connectivity index (χ1) is 16.9. The molecule has 190 valence electrons. The standard InChI is InChI=1S/C27H35ClN2O5/c1-2-34-26(33)9-6-18-30(17-5-8-25(31)32)19-14-23(15-20-30)35-27(24-7-3-4-16-29-24)21-10-12-22(28)13-11-21/h3-4,7,10-13,16,23,27H,2,5-6,8-9,14-15,17-20H2,1H3/p+1/t23?,27-,30?/m0/s1. The summed E-state index contributed by atoms with van der Waals surface area (Å²) in [5.74, 6) is -0.940. The molecule has 1 N–H and O–H groups in total. The molecule has 3 rings (SSSR count). The summed E-state index contributed by atoms with van der Waals surface area (Å²) in [4.78, 5) is 27.4. The largest absolute Gasteiger partial charge is 0.481 e. The lowest BCUT2D eigenvalue weighted by Gasteiger charge is -2.44. The number of quaternary nitrogens is 1. The van der Waals surface area contributed by atoms with E-state index in [0.29, 0.717) is 24.5 Å². The van der Waals surface area contributed by atoms with Crippen molar-refractivity contribution < 1.29 is 28.7 Å². The van der Waals surface area contributed by atoms with Gasteiger partial charge in [0.1, 0.15) is 6.10 Å². The van der Waals surface area contributed by atoms with Gasteiger partial charge in [-0.2, -0.15) is 0 Å². The van der Waals surface area contributed by atoms with Crippen LogP contribution in [0.3, 0.4) is 0 Å². The molecule has 1 saturated heterocycles. The molecule has 2 heterocycles. The van der Waals surface area contributed by atoms with Crippen LogP contribution in [-0.4, -0.2) is 65.4 Å². The van der Waals surface area contributed by atoms with Crippen LogP contribution in [0, 0.1) is 0 Å². The number of aliphatic carboxylic acids is 1. The molecule has 8 heteroatoms. The molecule has 0 radical (unpaired) electrons. The molecule has 35 heavy (non-hydrogen) atoms. The summed E-state index contributed by atoms with van der Waals surface area (Å²) < 4.78 is 12.5. The third kappa shape index (κ3) is 8.60. The Kier molecular flexibility index (Phi) is 10.5. The van der Waals surface area contributed by atoms with Crippen LogP contribution in [0.15, 0.2) is 48.7 Å². The number of esters is 1. The highest BCUT2D eigenvalue weighted by atomic mass is 35.5. The van der Waals surface area contributed by atoms with Crippen LogP contribution in [0.4, 0.5) is 0 Å². The summed E-state index contributed by atoms with van der Waals surface area (Å²) in [5, 5.41) is 9.79. The van der Waals surface area contributed by atoms with Crippen molar-refractivity contribution >= 4 is 23.5 Å². The number of hydrogen-bond acceptors (Lipinski definition) is 5. The molecular formula is C27H36ClN2O5+.